The summed E-state index contributed by atoms with van der Waals surface area (Å²) in [6.45, 7) is 0. The fraction of sp³-hybridized carbons (Fsp3) is 0. The highest BCUT2D eigenvalue weighted by Gasteiger charge is 2.04. The molecular weight excluding hydrogens is 432 g/mol. The lowest BCUT2D eigenvalue weighted by molar-refractivity contribution is 1.32. The van der Waals surface area contributed by atoms with Crippen LogP contribution in [-0.2, 0) is 0 Å². The standard InChI is InChI=1S/C9H4BrCl2N.C8H5ClN2/c10-7-3-1-2-5-6(7)4-8(11)13-9(5)12;9-8-3-6-1-2-10-4-7(6)5-11-8/h1-4H;1-5H. The van der Waals surface area contributed by atoms with Crippen molar-refractivity contribution in [3.8, 4) is 0 Å². The minimum Gasteiger partial charge on any atom is -0.264 e. The van der Waals surface area contributed by atoms with E-state index in [1.54, 1.807) is 24.7 Å². The Kier molecular flexibility index (Phi) is 5.51. The molecule has 0 atom stereocenters. The van der Waals surface area contributed by atoms with E-state index >= 15 is 0 Å². The molecule has 0 aliphatic rings. The molecule has 0 unspecified atom stereocenters. The first-order chi connectivity index (χ1) is 11.5. The Balaban J connectivity index is 0.000000143. The molecule has 0 aliphatic heterocycles. The van der Waals surface area contributed by atoms with Crippen LogP contribution in [0.15, 0.2) is 59.5 Å². The van der Waals surface area contributed by atoms with Crippen LogP contribution < -0.4 is 0 Å². The third-order valence-corrected chi connectivity index (χ3v) is 4.61. The van der Waals surface area contributed by atoms with E-state index in [-0.39, 0.29) is 0 Å². The number of hydrogen-bond acceptors (Lipinski definition) is 3. The zero-order valence-corrected chi connectivity index (χ0v) is 15.9. The van der Waals surface area contributed by atoms with E-state index in [1.807, 2.05) is 30.3 Å². The van der Waals surface area contributed by atoms with Gasteiger partial charge in [-0.15, -0.1) is 0 Å². The summed E-state index contributed by atoms with van der Waals surface area (Å²) >= 11 is 20.8. The molecule has 0 radical (unpaired) electrons. The molecule has 7 heteroatoms. The van der Waals surface area contributed by atoms with Crippen molar-refractivity contribution in [2.45, 2.75) is 0 Å². The first kappa shape index (κ1) is 17.4. The molecule has 0 saturated carbocycles. The molecule has 4 rings (SSSR count). The van der Waals surface area contributed by atoms with Crippen molar-refractivity contribution < 1.29 is 0 Å². The maximum atomic E-state index is 5.92. The average Bonchev–Trinajstić information content (AvgIpc) is 2.56. The third-order valence-electron chi connectivity index (χ3n) is 3.23. The van der Waals surface area contributed by atoms with Gasteiger partial charge in [0.1, 0.15) is 15.5 Å². The Bertz CT molecular complexity index is 1020. The Labute approximate surface area is 161 Å². The van der Waals surface area contributed by atoms with Gasteiger partial charge in [0.05, 0.1) is 0 Å². The Morgan fingerprint density at radius 3 is 2.50 bits per heavy atom. The van der Waals surface area contributed by atoms with Gasteiger partial charge in [-0.05, 0) is 29.7 Å². The van der Waals surface area contributed by atoms with E-state index in [4.69, 9.17) is 34.8 Å². The van der Waals surface area contributed by atoms with E-state index in [0.717, 1.165) is 26.0 Å². The van der Waals surface area contributed by atoms with Crippen molar-refractivity contribution >= 4 is 72.3 Å². The van der Waals surface area contributed by atoms with Crippen molar-refractivity contribution in [1.82, 2.24) is 15.0 Å². The summed E-state index contributed by atoms with van der Waals surface area (Å²) < 4.78 is 0.969. The highest BCUT2D eigenvalue weighted by atomic mass is 79.9. The lowest BCUT2D eigenvalue weighted by Gasteiger charge is -2.02. The molecule has 0 fully saturated rings. The van der Waals surface area contributed by atoms with Gasteiger partial charge in [0.25, 0.3) is 0 Å². The highest BCUT2D eigenvalue weighted by molar-refractivity contribution is 9.10. The van der Waals surface area contributed by atoms with Crippen molar-refractivity contribution in [2.75, 3.05) is 0 Å². The normalized spacial score (nSPS) is 10.5. The fourth-order valence-electron chi connectivity index (χ4n) is 2.12. The van der Waals surface area contributed by atoms with Crippen molar-refractivity contribution in [1.29, 1.82) is 0 Å². The largest absolute Gasteiger partial charge is 0.264 e. The first-order valence-electron chi connectivity index (χ1n) is 6.80. The number of hydrogen-bond donors (Lipinski definition) is 0. The van der Waals surface area contributed by atoms with Gasteiger partial charge in [-0.1, -0.05) is 62.9 Å². The molecule has 3 heterocycles. The van der Waals surface area contributed by atoms with Crippen LogP contribution in [-0.4, -0.2) is 15.0 Å². The predicted molar refractivity (Wildman–Crippen MR) is 104 cm³/mol. The lowest BCUT2D eigenvalue weighted by Crippen LogP contribution is -1.81. The topological polar surface area (TPSA) is 38.7 Å². The molecule has 1 aromatic carbocycles. The van der Waals surface area contributed by atoms with Gasteiger partial charge >= 0.3 is 0 Å². The van der Waals surface area contributed by atoms with Crippen molar-refractivity contribution in [3.05, 3.63) is 74.9 Å². The molecule has 0 spiro atoms. The van der Waals surface area contributed by atoms with Crippen LogP contribution in [0.3, 0.4) is 0 Å². The van der Waals surface area contributed by atoms with Gasteiger partial charge < -0.3 is 0 Å². The Hall–Kier alpha value is -1.46. The van der Waals surface area contributed by atoms with Crippen LogP contribution in [0.5, 0.6) is 0 Å². The number of rotatable bonds is 0. The molecule has 4 aromatic rings. The number of benzene rings is 1. The second-order valence-corrected chi connectivity index (χ2v) is 6.79. The van der Waals surface area contributed by atoms with Crippen molar-refractivity contribution in [2.24, 2.45) is 0 Å². The quantitative estimate of drug-likeness (QED) is 0.289. The van der Waals surface area contributed by atoms with Crippen LogP contribution in [0, 0.1) is 0 Å². The molecular formula is C17H9BrCl3N3. The van der Waals surface area contributed by atoms with E-state index in [0.29, 0.717) is 15.5 Å². The lowest BCUT2D eigenvalue weighted by atomic mass is 10.2. The molecule has 3 nitrogen and oxygen atoms in total. The van der Waals surface area contributed by atoms with E-state index in [1.165, 1.54) is 0 Å². The number of fused-ring (bicyclic) bond motifs is 2. The molecule has 3 aromatic heterocycles. The maximum Gasteiger partial charge on any atom is 0.138 e. The van der Waals surface area contributed by atoms with Gasteiger partial charge in [0.2, 0.25) is 0 Å². The zero-order chi connectivity index (χ0) is 17.1. The second-order valence-electron chi connectivity index (χ2n) is 4.80. The fourth-order valence-corrected chi connectivity index (χ4v) is 3.26. The number of halogens is 4. The molecule has 0 bridgehead atoms. The number of nitrogens with zero attached hydrogens (tertiary/aromatic N) is 3. The minimum atomic E-state index is 0.407. The Morgan fingerprint density at radius 2 is 1.67 bits per heavy atom. The van der Waals surface area contributed by atoms with Crippen LogP contribution in [0.25, 0.3) is 21.5 Å². The molecule has 120 valence electrons. The van der Waals surface area contributed by atoms with Gasteiger partial charge in [0, 0.05) is 39.2 Å². The van der Waals surface area contributed by atoms with E-state index in [2.05, 4.69) is 30.9 Å². The third kappa shape index (κ3) is 3.95. The van der Waals surface area contributed by atoms with Crippen molar-refractivity contribution in [3.63, 3.8) is 0 Å². The number of pyridine rings is 3. The summed E-state index contributed by atoms with van der Waals surface area (Å²) in [5, 5.41) is 5.32. The summed E-state index contributed by atoms with van der Waals surface area (Å²) in [4.78, 5) is 11.8. The number of aromatic nitrogens is 3. The second kappa shape index (κ2) is 7.62. The minimum absolute atomic E-state index is 0.407. The summed E-state index contributed by atoms with van der Waals surface area (Å²) in [5.41, 5.74) is 0. The van der Waals surface area contributed by atoms with Gasteiger partial charge in [-0.25, -0.2) is 9.97 Å². The van der Waals surface area contributed by atoms with E-state index in [9.17, 15) is 0 Å². The van der Waals surface area contributed by atoms with Crippen LogP contribution in [0.4, 0.5) is 0 Å². The monoisotopic (exact) mass is 439 g/mol. The summed E-state index contributed by atoms with van der Waals surface area (Å²) in [5.74, 6) is 0. The zero-order valence-electron chi connectivity index (χ0n) is 12.0. The van der Waals surface area contributed by atoms with Crippen LogP contribution >= 0.6 is 50.7 Å². The summed E-state index contributed by atoms with van der Waals surface area (Å²) in [7, 11) is 0. The molecule has 24 heavy (non-hydrogen) atoms. The van der Waals surface area contributed by atoms with Crippen LogP contribution in [0.2, 0.25) is 15.5 Å². The average molecular weight is 442 g/mol. The highest BCUT2D eigenvalue weighted by Crippen LogP contribution is 2.29. The molecule has 0 aliphatic carbocycles. The molecule has 0 amide bonds. The maximum absolute atomic E-state index is 5.92. The first-order valence-corrected chi connectivity index (χ1v) is 8.73. The summed E-state index contributed by atoms with van der Waals surface area (Å²) in [6, 6.07) is 11.3. The molecule has 0 N–H and O–H groups in total. The Morgan fingerprint density at radius 1 is 0.833 bits per heavy atom. The van der Waals surface area contributed by atoms with E-state index < -0.39 is 0 Å². The predicted octanol–water partition coefficient (Wildman–Crippen LogP) is 6.59. The van der Waals surface area contributed by atoms with Gasteiger partial charge in [0.15, 0.2) is 0 Å². The smallest absolute Gasteiger partial charge is 0.138 e. The van der Waals surface area contributed by atoms with Crippen LogP contribution in [0.1, 0.15) is 0 Å². The molecule has 0 saturated heterocycles. The van der Waals surface area contributed by atoms with Gasteiger partial charge in [-0.3, -0.25) is 4.98 Å². The van der Waals surface area contributed by atoms with Gasteiger partial charge in [-0.2, -0.15) is 0 Å². The summed E-state index contributed by atoms with van der Waals surface area (Å²) in [6.07, 6.45) is 5.21. The SMILES string of the molecule is Clc1cc2c(Br)cccc2c(Cl)n1.Clc1cc2ccncc2cn1.